The molecule has 6 heteroatoms. The number of hydrogen-bond donors (Lipinski definition) is 1. The monoisotopic (exact) mass is 352 g/mol. The Kier molecular flexibility index (Phi) is 4.21. The Morgan fingerprint density at radius 1 is 1.40 bits per heavy atom. The maximum Gasteiger partial charge on any atom is 0.191 e. The molecule has 0 unspecified atom stereocenters. The summed E-state index contributed by atoms with van der Waals surface area (Å²) >= 11 is 1.45. The number of nitrogens with one attached hydrogen (secondary N) is 1. The van der Waals surface area contributed by atoms with E-state index in [-0.39, 0.29) is 5.78 Å². The van der Waals surface area contributed by atoms with Crippen molar-refractivity contribution in [2.75, 3.05) is 5.75 Å². The summed E-state index contributed by atoms with van der Waals surface area (Å²) in [5.41, 5.74) is 2.69. The molecule has 1 aliphatic carbocycles. The van der Waals surface area contributed by atoms with Crippen LogP contribution in [0, 0.1) is 6.92 Å². The fraction of sp³-hybridized carbons (Fsp3) is 0.316. The first kappa shape index (κ1) is 16.1. The predicted octanol–water partition coefficient (Wildman–Crippen LogP) is 4.11. The maximum absolute atomic E-state index is 12.8. The summed E-state index contributed by atoms with van der Waals surface area (Å²) in [4.78, 5) is 16.1. The van der Waals surface area contributed by atoms with E-state index in [1.165, 1.54) is 24.6 Å². The Balaban J connectivity index is 1.56. The highest BCUT2D eigenvalue weighted by atomic mass is 32.2. The van der Waals surface area contributed by atoms with E-state index >= 15 is 0 Å². The number of aromatic nitrogens is 4. The van der Waals surface area contributed by atoms with Crippen molar-refractivity contribution in [3.8, 4) is 0 Å². The van der Waals surface area contributed by atoms with E-state index in [0.717, 1.165) is 33.1 Å². The third-order valence-electron chi connectivity index (χ3n) is 4.50. The number of ketones is 1. The lowest BCUT2D eigenvalue weighted by Crippen LogP contribution is -2.07. The fourth-order valence-corrected chi connectivity index (χ4v) is 4.02. The van der Waals surface area contributed by atoms with Crippen molar-refractivity contribution in [3.63, 3.8) is 0 Å². The van der Waals surface area contributed by atoms with E-state index in [9.17, 15) is 4.79 Å². The average Bonchev–Trinajstić information content (AvgIpc) is 3.28. The minimum atomic E-state index is 0.112. The number of rotatable bonds is 7. The molecule has 0 amide bonds. The zero-order valence-electron chi connectivity index (χ0n) is 14.2. The van der Waals surface area contributed by atoms with E-state index < -0.39 is 0 Å². The number of nitrogens with zero attached hydrogens (tertiary/aromatic N) is 3. The highest BCUT2D eigenvalue weighted by molar-refractivity contribution is 7.99. The molecule has 1 fully saturated rings. The third kappa shape index (κ3) is 3.02. The summed E-state index contributed by atoms with van der Waals surface area (Å²) in [5.74, 6) is 2.01. The van der Waals surface area contributed by atoms with Crippen molar-refractivity contribution in [1.29, 1.82) is 0 Å². The molecule has 0 radical (unpaired) electrons. The summed E-state index contributed by atoms with van der Waals surface area (Å²) in [6.45, 7) is 6.45. The Morgan fingerprint density at radius 2 is 2.20 bits per heavy atom. The van der Waals surface area contributed by atoms with Crippen LogP contribution in [0.25, 0.3) is 10.9 Å². The molecule has 0 aliphatic heterocycles. The van der Waals surface area contributed by atoms with Gasteiger partial charge in [-0.05, 0) is 25.8 Å². The van der Waals surface area contributed by atoms with Gasteiger partial charge in [-0.2, -0.15) is 0 Å². The third-order valence-corrected chi connectivity index (χ3v) is 5.47. The summed E-state index contributed by atoms with van der Waals surface area (Å²) in [5, 5.41) is 10.4. The Bertz CT molecular complexity index is 952. The summed E-state index contributed by atoms with van der Waals surface area (Å²) in [6, 6.07) is 7.91. The number of fused-ring (bicyclic) bond motifs is 1. The van der Waals surface area contributed by atoms with Gasteiger partial charge in [0.2, 0.25) is 0 Å². The van der Waals surface area contributed by atoms with Gasteiger partial charge in [0.05, 0.1) is 5.75 Å². The molecule has 2 aromatic heterocycles. The molecule has 0 atom stereocenters. The number of H-pyrrole nitrogens is 1. The number of para-hydroxylation sites is 1. The largest absolute Gasteiger partial charge is 0.358 e. The molecule has 0 bridgehead atoms. The van der Waals surface area contributed by atoms with Crippen molar-refractivity contribution in [1.82, 2.24) is 19.7 Å². The molecule has 2 heterocycles. The molecule has 4 rings (SSSR count). The van der Waals surface area contributed by atoms with Crippen LogP contribution in [-0.4, -0.2) is 31.3 Å². The van der Waals surface area contributed by atoms with Crippen molar-refractivity contribution < 1.29 is 4.79 Å². The molecule has 1 aromatic carbocycles. The first-order chi connectivity index (χ1) is 12.2. The van der Waals surface area contributed by atoms with E-state index in [1.807, 2.05) is 37.3 Å². The number of benzene rings is 1. The van der Waals surface area contributed by atoms with Gasteiger partial charge in [0.1, 0.15) is 5.82 Å². The quantitative estimate of drug-likeness (QED) is 0.395. The lowest BCUT2D eigenvalue weighted by Gasteiger charge is -2.06. The fourth-order valence-electron chi connectivity index (χ4n) is 3.19. The molecular formula is C19H20N4OS. The lowest BCUT2D eigenvalue weighted by molar-refractivity contribution is 0.102. The van der Waals surface area contributed by atoms with Crippen LogP contribution in [-0.2, 0) is 6.54 Å². The van der Waals surface area contributed by atoms with Gasteiger partial charge >= 0.3 is 0 Å². The Labute approximate surface area is 150 Å². The standard InChI is InChI=1S/C19H20N4OS/c1-3-10-23-18(13-8-9-13)21-22-19(23)25-11-16(24)17-12(2)20-15-7-5-4-6-14(15)17/h3-7,13,20H,1,8-11H2,2H3. The number of thioether (sulfide) groups is 1. The minimum Gasteiger partial charge on any atom is -0.358 e. The lowest BCUT2D eigenvalue weighted by atomic mass is 10.1. The molecular weight excluding hydrogens is 332 g/mol. The van der Waals surface area contributed by atoms with Gasteiger partial charge in [-0.15, -0.1) is 16.8 Å². The van der Waals surface area contributed by atoms with Crippen LogP contribution in [0.1, 0.15) is 40.6 Å². The molecule has 5 nitrogen and oxygen atoms in total. The van der Waals surface area contributed by atoms with Gasteiger partial charge in [0, 0.05) is 34.6 Å². The summed E-state index contributed by atoms with van der Waals surface area (Å²) in [6.07, 6.45) is 4.20. The maximum atomic E-state index is 12.8. The first-order valence-electron chi connectivity index (χ1n) is 8.46. The van der Waals surface area contributed by atoms with Crippen molar-refractivity contribution >= 4 is 28.4 Å². The summed E-state index contributed by atoms with van der Waals surface area (Å²) in [7, 11) is 0. The van der Waals surface area contributed by atoms with Crippen LogP contribution >= 0.6 is 11.8 Å². The molecule has 128 valence electrons. The minimum absolute atomic E-state index is 0.112. The number of hydrogen-bond acceptors (Lipinski definition) is 4. The Morgan fingerprint density at radius 3 is 2.96 bits per heavy atom. The SMILES string of the molecule is C=CCn1c(SCC(=O)c2c(C)[nH]c3ccccc23)nnc1C1CC1. The topological polar surface area (TPSA) is 63.6 Å². The molecule has 1 N–H and O–H groups in total. The molecule has 1 aliphatic rings. The van der Waals surface area contributed by atoms with Crippen LogP contribution < -0.4 is 0 Å². The molecule has 3 aromatic rings. The van der Waals surface area contributed by atoms with Crippen LogP contribution in [0.2, 0.25) is 0 Å². The number of aryl methyl sites for hydroxylation is 1. The number of allylic oxidation sites excluding steroid dienone is 1. The van der Waals surface area contributed by atoms with Crippen LogP contribution in [0.3, 0.4) is 0 Å². The van der Waals surface area contributed by atoms with Crippen LogP contribution in [0.4, 0.5) is 0 Å². The van der Waals surface area contributed by atoms with Gasteiger partial charge in [-0.1, -0.05) is 36.0 Å². The summed E-state index contributed by atoms with van der Waals surface area (Å²) < 4.78 is 2.09. The second-order valence-electron chi connectivity index (χ2n) is 6.40. The molecule has 0 spiro atoms. The van der Waals surface area contributed by atoms with Gasteiger partial charge in [0.25, 0.3) is 0 Å². The van der Waals surface area contributed by atoms with Gasteiger partial charge in [-0.3, -0.25) is 4.79 Å². The van der Waals surface area contributed by atoms with E-state index in [1.54, 1.807) is 0 Å². The molecule has 0 saturated heterocycles. The molecule has 1 saturated carbocycles. The highest BCUT2D eigenvalue weighted by Gasteiger charge is 2.30. The van der Waals surface area contributed by atoms with Gasteiger partial charge < -0.3 is 9.55 Å². The number of aromatic amines is 1. The van der Waals surface area contributed by atoms with E-state index in [0.29, 0.717) is 18.2 Å². The average molecular weight is 352 g/mol. The van der Waals surface area contributed by atoms with Gasteiger partial charge in [-0.25, -0.2) is 0 Å². The van der Waals surface area contributed by atoms with Crippen molar-refractivity contribution in [2.24, 2.45) is 0 Å². The number of carbonyl (C=O) groups is 1. The smallest absolute Gasteiger partial charge is 0.191 e. The Hall–Kier alpha value is -2.34. The highest BCUT2D eigenvalue weighted by Crippen LogP contribution is 2.40. The number of Topliss-reactive ketones (excluding diaryl/α,β-unsaturated/α-hetero) is 1. The zero-order valence-corrected chi connectivity index (χ0v) is 15.0. The van der Waals surface area contributed by atoms with Crippen LogP contribution in [0.5, 0.6) is 0 Å². The van der Waals surface area contributed by atoms with Gasteiger partial charge in [0.15, 0.2) is 10.9 Å². The second-order valence-corrected chi connectivity index (χ2v) is 7.34. The predicted molar refractivity (Wildman–Crippen MR) is 100 cm³/mol. The zero-order chi connectivity index (χ0) is 17.4. The van der Waals surface area contributed by atoms with E-state index in [4.69, 9.17) is 0 Å². The second kappa shape index (κ2) is 6.52. The normalized spacial score (nSPS) is 14.1. The molecule has 25 heavy (non-hydrogen) atoms. The van der Waals surface area contributed by atoms with Crippen molar-refractivity contribution in [3.05, 3.63) is 54.0 Å². The van der Waals surface area contributed by atoms with Crippen molar-refractivity contribution in [2.45, 2.75) is 37.4 Å². The van der Waals surface area contributed by atoms with E-state index in [2.05, 4.69) is 26.3 Å². The number of carbonyl (C=O) groups excluding carboxylic acids is 1. The first-order valence-corrected chi connectivity index (χ1v) is 9.45. The van der Waals surface area contributed by atoms with Crippen LogP contribution in [0.15, 0.2) is 42.1 Å².